The van der Waals surface area contributed by atoms with Gasteiger partial charge < -0.3 is 4.52 Å². The summed E-state index contributed by atoms with van der Waals surface area (Å²) in [6.07, 6.45) is 3.61. The zero-order valence-corrected chi connectivity index (χ0v) is 17.6. The summed E-state index contributed by atoms with van der Waals surface area (Å²) in [6, 6.07) is 19.8. The van der Waals surface area contributed by atoms with Crippen LogP contribution in [-0.4, -0.2) is 24.9 Å². The highest BCUT2D eigenvalue weighted by atomic mass is 35.5. The summed E-state index contributed by atoms with van der Waals surface area (Å²) >= 11 is 7.65. The molecule has 2 aromatic heterocycles. The lowest BCUT2D eigenvalue weighted by Gasteiger charge is -2.03. The van der Waals surface area contributed by atoms with E-state index in [2.05, 4.69) is 33.4 Å². The van der Waals surface area contributed by atoms with Gasteiger partial charge in [0.2, 0.25) is 0 Å². The molecule has 0 radical (unpaired) electrons. The van der Waals surface area contributed by atoms with Crippen molar-refractivity contribution in [3.8, 4) is 33.3 Å². The molecule has 0 saturated carbocycles. The van der Waals surface area contributed by atoms with Gasteiger partial charge in [0.15, 0.2) is 11.6 Å². The summed E-state index contributed by atoms with van der Waals surface area (Å²) in [7, 11) is 0. The zero-order chi connectivity index (χ0) is 20.8. The van der Waals surface area contributed by atoms with Gasteiger partial charge >= 0.3 is 0 Å². The van der Waals surface area contributed by atoms with E-state index in [-0.39, 0.29) is 0 Å². The van der Waals surface area contributed by atoms with Crippen molar-refractivity contribution in [3.63, 3.8) is 0 Å². The maximum absolute atomic E-state index is 5.95. The van der Waals surface area contributed by atoms with Crippen LogP contribution in [0.1, 0.15) is 5.76 Å². The molecule has 0 unspecified atom stereocenters. The molecule has 4 heterocycles. The minimum Gasteiger partial charge on any atom is -0.359 e. The van der Waals surface area contributed by atoms with Crippen LogP contribution in [0.15, 0.2) is 77.6 Å². The smallest absolute Gasteiger partial charge is 0.170 e. The van der Waals surface area contributed by atoms with E-state index >= 15 is 0 Å². The average molecular weight is 444 g/mol. The lowest BCUT2D eigenvalue weighted by molar-refractivity contribution is 0.372. The van der Waals surface area contributed by atoms with Crippen molar-refractivity contribution in [1.29, 1.82) is 0 Å². The van der Waals surface area contributed by atoms with Gasteiger partial charge in [0.05, 0.1) is 17.3 Å². The molecule has 0 N–H and O–H groups in total. The van der Waals surface area contributed by atoms with Crippen LogP contribution in [0.3, 0.4) is 0 Å². The zero-order valence-electron chi connectivity index (χ0n) is 16.1. The Hall–Kier alpha value is -3.55. The van der Waals surface area contributed by atoms with Crippen LogP contribution in [0.2, 0.25) is 5.02 Å². The van der Waals surface area contributed by atoms with Crippen molar-refractivity contribution >= 4 is 33.0 Å². The van der Waals surface area contributed by atoms with Crippen molar-refractivity contribution in [1.82, 2.24) is 24.9 Å². The Morgan fingerprint density at radius 3 is 2.65 bits per heavy atom. The topological polar surface area (TPSA) is 69.6 Å². The van der Waals surface area contributed by atoms with Gasteiger partial charge in [0.1, 0.15) is 23.6 Å². The second-order valence-corrected chi connectivity index (χ2v) is 8.64. The second-order valence-electron chi connectivity index (χ2n) is 7.12. The van der Waals surface area contributed by atoms with E-state index in [0.29, 0.717) is 17.3 Å². The van der Waals surface area contributed by atoms with Crippen molar-refractivity contribution in [3.05, 3.63) is 83.8 Å². The summed E-state index contributed by atoms with van der Waals surface area (Å²) in [4.78, 5) is 10.4. The molecule has 4 aromatic rings. The summed E-state index contributed by atoms with van der Waals surface area (Å²) < 4.78 is 8.49. The number of halogens is 1. The fourth-order valence-electron chi connectivity index (χ4n) is 3.45. The highest BCUT2D eigenvalue weighted by Gasteiger charge is 2.16. The summed E-state index contributed by atoms with van der Waals surface area (Å²) in [5.74, 6) is 1.42. The summed E-state index contributed by atoms with van der Waals surface area (Å²) in [5, 5.41) is 10.5. The fourth-order valence-corrected chi connectivity index (χ4v) is 4.58. The summed E-state index contributed by atoms with van der Waals surface area (Å²) in [6.45, 7) is 0.446. The number of fused-ring (bicyclic) bond motifs is 2. The molecule has 2 aliphatic heterocycles. The predicted octanol–water partition coefficient (Wildman–Crippen LogP) is 6.02. The number of hydrogen-bond donors (Lipinski definition) is 0. The van der Waals surface area contributed by atoms with E-state index in [9.17, 15) is 0 Å². The number of rotatable bonds is 4. The van der Waals surface area contributed by atoms with Gasteiger partial charge in [-0.1, -0.05) is 47.1 Å². The van der Waals surface area contributed by atoms with Crippen molar-refractivity contribution in [2.24, 2.45) is 0 Å². The van der Waals surface area contributed by atoms with E-state index < -0.39 is 0 Å². The third-order valence-corrected chi connectivity index (χ3v) is 6.34. The van der Waals surface area contributed by atoms with Gasteiger partial charge in [0, 0.05) is 21.4 Å². The van der Waals surface area contributed by atoms with Crippen molar-refractivity contribution in [2.75, 3.05) is 0 Å². The van der Waals surface area contributed by atoms with Crippen molar-refractivity contribution < 1.29 is 4.52 Å². The monoisotopic (exact) mass is 443 g/mol. The normalized spacial score (nSPS) is 11.5. The lowest BCUT2D eigenvalue weighted by Crippen LogP contribution is -2.04. The molecule has 0 bridgehead atoms. The van der Waals surface area contributed by atoms with Crippen LogP contribution >= 0.6 is 22.9 Å². The third-order valence-electron chi connectivity index (χ3n) is 4.98. The number of aromatic nitrogens is 5. The molecule has 150 valence electrons. The molecule has 0 spiro atoms. The Morgan fingerprint density at radius 1 is 0.935 bits per heavy atom. The van der Waals surface area contributed by atoms with Gasteiger partial charge in [-0.25, -0.2) is 9.97 Å². The van der Waals surface area contributed by atoms with Gasteiger partial charge in [-0.15, -0.1) is 11.3 Å². The quantitative estimate of drug-likeness (QED) is 0.333. The van der Waals surface area contributed by atoms with Gasteiger partial charge in [-0.2, -0.15) is 5.10 Å². The maximum atomic E-state index is 5.95. The largest absolute Gasteiger partial charge is 0.359 e. The molecule has 0 aliphatic carbocycles. The number of thiophene rings is 1. The predicted molar refractivity (Wildman–Crippen MR) is 121 cm³/mol. The molecule has 2 aromatic carbocycles. The average Bonchev–Trinajstić information content (AvgIpc) is 3.51. The Kier molecular flexibility index (Phi) is 4.29. The first kappa shape index (κ1) is 18.2. The number of nitrogens with zero attached hydrogens (tertiary/aromatic N) is 5. The molecular weight excluding hydrogens is 430 g/mol. The molecule has 2 aliphatic rings. The van der Waals surface area contributed by atoms with Crippen LogP contribution in [0.4, 0.5) is 0 Å². The Balaban J connectivity index is 1.27. The molecule has 31 heavy (non-hydrogen) atoms. The highest BCUT2D eigenvalue weighted by Crippen LogP contribution is 2.33. The highest BCUT2D eigenvalue weighted by molar-refractivity contribution is 7.22. The Labute approximate surface area is 186 Å². The van der Waals surface area contributed by atoms with Gasteiger partial charge in [-0.3, -0.25) is 4.68 Å². The van der Waals surface area contributed by atoms with E-state index in [1.165, 1.54) is 10.1 Å². The molecule has 0 saturated heterocycles. The van der Waals surface area contributed by atoms with Gasteiger partial charge in [-0.05, 0) is 29.7 Å². The number of benzene rings is 2. The molecule has 0 amide bonds. The summed E-state index contributed by atoms with van der Waals surface area (Å²) in [5.41, 5.74) is 3.26. The van der Waals surface area contributed by atoms with Crippen LogP contribution < -0.4 is 0 Å². The van der Waals surface area contributed by atoms with E-state index in [1.54, 1.807) is 22.2 Å². The molecule has 6 rings (SSSR count). The van der Waals surface area contributed by atoms with Crippen LogP contribution in [0, 0.1) is 0 Å². The molecule has 0 atom stereocenters. The Bertz CT molecular complexity index is 1450. The minimum absolute atomic E-state index is 0.446. The number of hydrogen-bond acceptors (Lipinski definition) is 6. The third kappa shape index (κ3) is 3.48. The van der Waals surface area contributed by atoms with Gasteiger partial charge in [0.25, 0.3) is 0 Å². The van der Waals surface area contributed by atoms with Crippen LogP contribution in [-0.2, 0) is 6.54 Å². The first-order valence-electron chi connectivity index (χ1n) is 9.62. The van der Waals surface area contributed by atoms with Crippen LogP contribution in [0.5, 0.6) is 0 Å². The maximum Gasteiger partial charge on any atom is 0.170 e. The molecule has 6 nitrogen and oxygen atoms in total. The molecular formula is C23H14ClN5OS. The first-order valence-corrected chi connectivity index (χ1v) is 10.8. The molecule has 8 heteroatoms. The molecule has 0 fully saturated rings. The second kappa shape index (κ2) is 7.30. The van der Waals surface area contributed by atoms with E-state index in [1.807, 2.05) is 48.7 Å². The standard InChI is InChI=1S/C23H14ClN5OS/c24-16-7-5-14(6-8-16)18-10-17(30-28-18)12-29-13-20-19(11-25-29)26-23(27-20)22-9-15-3-1-2-4-21(15)31-22/h1-11,13H,12H2. The number of imidazole rings is 1. The van der Waals surface area contributed by atoms with Crippen LogP contribution in [0.25, 0.3) is 43.4 Å². The SMILES string of the molecule is Clc1ccc(-c2cc(Cn3cc4nc(-c5cc6ccccc6s5)nc-4cn3)on2)cc1. The van der Waals surface area contributed by atoms with Crippen molar-refractivity contribution in [2.45, 2.75) is 6.54 Å². The Morgan fingerprint density at radius 2 is 1.77 bits per heavy atom. The van der Waals surface area contributed by atoms with E-state index in [4.69, 9.17) is 21.1 Å². The van der Waals surface area contributed by atoms with E-state index in [0.717, 1.165) is 33.3 Å². The lowest BCUT2D eigenvalue weighted by atomic mass is 10.1. The minimum atomic E-state index is 0.446. The first-order chi connectivity index (χ1) is 15.2. The fraction of sp³-hybridized carbons (Fsp3) is 0.0435.